The lowest BCUT2D eigenvalue weighted by Crippen LogP contribution is -2.43. The Bertz CT molecular complexity index is 2150. The minimum absolute atomic E-state index is 0.00498. The number of hydrogen-bond acceptors (Lipinski definition) is 11. The first kappa shape index (κ1) is 30.9. The molecule has 0 unspecified atom stereocenters. The van der Waals surface area contributed by atoms with Crippen LogP contribution in [0.3, 0.4) is 0 Å². The molecule has 4 N–H and O–H groups in total. The molecule has 5 aromatic rings. The number of alkyl halides is 1. The van der Waals surface area contributed by atoms with Gasteiger partial charge in [0.25, 0.3) is 0 Å². The summed E-state index contributed by atoms with van der Waals surface area (Å²) in [5.41, 5.74) is 12.9. The van der Waals surface area contributed by atoms with Gasteiger partial charge >= 0.3 is 6.01 Å². The quantitative estimate of drug-likeness (QED) is 0.197. The molecule has 3 aromatic heterocycles. The summed E-state index contributed by atoms with van der Waals surface area (Å²) >= 11 is 8.11. The van der Waals surface area contributed by atoms with Crippen molar-refractivity contribution in [1.82, 2.24) is 24.8 Å². The van der Waals surface area contributed by atoms with Crippen LogP contribution in [0, 0.1) is 11.6 Å². The van der Waals surface area contributed by atoms with Gasteiger partial charge in [0.05, 0.1) is 26.2 Å². The van der Waals surface area contributed by atoms with Gasteiger partial charge < -0.3 is 25.8 Å². The van der Waals surface area contributed by atoms with Crippen LogP contribution in [-0.2, 0) is 6.54 Å². The number of ether oxygens (including phenoxy) is 2. The molecule has 6 heterocycles. The Balaban J connectivity index is 1.27. The van der Waals surface area contributed by atoms with Crippen molar-refractivity contribution >= 4 is 60.8 Å². The van der Waals surface area contributed by atoms with Crippen molar-refractivity contribution < 1.29 is 22.6 Å². The molecule has 4 atom stereocenters. The summed E-state index contributed by atoms with van der Waals surface area (Å²) in [6.45, 7) is 1.64. The summed E-state index contributed by atoms with van der Waals surface area (Å²) in [6, 6.07) is 6.33. The van der Waals surface area contributed by atoms with Crippen molar-refractivity contribution in [3.63, 3.8) is 0 Å². The lowest BCUT2D eigenvalue weighted by atomic mass is 9.95. The van der Waals surface area contributed by atoms with E-state index in [0.717, 1.165) is 49.1 Å². The minimum atomic E-state index is -0.945. The number of hydrogen-bond donors (Lipinski definition) is 2. The molecule has 4 aliphatic rings. The normalized spacial score (nSPS) is 24.7. The number of pyridine rings is 1. The summed E-state index contributed by atoms with van der Waals surface area (Å²) in [7, 11) is 0. The highest BCUT2D eigenvalue weighted by Crippen LogP contribution is 2.52. The number of nitrogens with zero attached hydrogens (tertiary/aromatic N) is 6. The minimum Gasteiger partial charge on any atom is -0.488 e. The maximum absolute atomic E-state index is 17.3. The van der Waals surface area contributed by atoms with Crippen molar-refractivity contribution in [3.05, 3.63) is 52.7 Å². The predicted octanol–water partition coefficient (Wildman–Crippen LogP) is 6.67. The average Bonchev–Trinajstić information content (AvgIpc) is 3.86. The maximum atomic E-state index is 17.3. The molecule has 0 spiro atoms. The van der Waals surface area contributed by atoms with E-state index >= 15 is 4.39 Å². The molecule has 3 fully saturated rings. The van der Waals surface area contributed by atoms with Gasteiger partial charge in [0.2, 0.25) is 0 Å². The third-order valence-corrected chi connectivity index (χ3v) is 11.8. The van der Waals surface area contributed by atoms with Gasteiger partial charge in [0.1, 0.15) is 41.9 Å². The van der Waals surface area contributed by atoms with Crippen LogP contribution in [0.5, 0.6) is 11.8 Å². The Morgan fingerprint density at radius 3 is 2.86 bits per heavy atom. The highest BCUT2D eigenvalue weighted by molar-refractivity contribution is 7.22. The van der Waals surface area contributed by atoms with Crippen LogP contribution in [0.4, 0.5) is 29.9 Å². The van der Waals surface area contributed by atoms with Crippen molar-refractivity contribution in [2.24, 2.45) is 0 Å². The number of anilines is 3. The average molecular weight is 709 g/mol. The van der Waals surface area contributed by atoms with Gasteiger partial charge in [-0.2, -0.15) is 9.97 Å². The van der Waals surface area contributed by atoms with E-state index in [0.29, 0.717) is 43.0 Å². The van der Waals surface area contributed by atoms with Crippen molar-refractivity contribution in [3.8, 4) is 22.9 Å². The van der Waals surface area contributed by atoms with E-state index in [1.54, 1.807) is 6.20 Å². The van der Waals surface area contributed by atoms with Gasteiger partial charge in [-0.05, 0) is 50.4 Å². The molecular formula is C34H32ClF3N8O2S. The van der Waals surface area contributed by atoms with E-state index in [2.05, 4.69) is 24.8 Å². The van der Waals surface area contributed by atoms with E-state index < -0.39 is 23.3 Å². The van der Waals surface area contributed by atoms with E-state index in [1.807, 2.05) is 12.1 Å². The Labute approximate surface area is 288 Å². The van der Waals surface area contributed by atoms with Gasteiger partial charge in [0, 0.05) is 54.9 Å². The van der Waals surface area contributed by atoms with Crippen molar-refractivity contribution in [2.45, 2.75) is 68.9 Å². The largest absolute Gasteiger partial charge is 0.488 e. The highest BCUT2D eigenvalue weighted by Gasteiger charge is 2.49. The molecule has 2 saturated heterocycles. The third-order valence-electron chi connectivity index (χ3n) is 10.6. The summed E-state index contributed by atoms with van der Waals surface area (Å²) in [6.07, 6.45) is 4.71. The maximum Gasteiger partial charge on any atom is 0.319 e. The van der Waals surface area contributed by atoms with E-state index in [1.165, 1.54) is 12.1 Å². The number of thiazole rings is 1. The highest BCUT2D eigenvalue weighted by atomic mass is 35.5. The molecule has 2 aromatic carbocycles. The number of nitrogen functional groups attached to an aromatic ring is 2. The second kappa shape index (κ2) is 11.5. The zero-order chi connectivity index (χ0) is 33.6. The number of aromatic nitrogens is 4. The van der Waals surface area contributed by atoms with Crippen LogP contribution in [0.2, 0.25) is 5.02 Å². The Hall–Kier alpha value is -4.14. The standard InChI is InChI=1S/C34H32ClF3N8O2S/c35-24-22(20-6-7-21(37)29-26(20)42-32(40)49-29)25(38)27-23-28(24)48-19-5-4-18(11-19)46(13-16-3-1-9-41-30(16)39)31(23)44-33(43-27)47-15-34-8-2-10-45(34)14-17(36)12-34/h1,3,6-7,9,17-19H,2,4-5,8,10-15H2,(H2,39,41)(H2,40,42)/t17-,18+,19-,34+/m1/s1. The van der Waals surface area contributed by atoms with Crippen LogP contribution in [-0.4, -0.2) is 68.4 Å². The van der Waals surface area contributed by atoms with Crippen LogP contribution in [0.1, 0.15) is 44.1 Å². The summed E-state index contributed by atoms with van der Waals surface area (Å²) < 4.78 is 59.9. The molecule has 49 heavy (non-hydrogen) atoms. The molecule has 9 rings (SSSR count). The Morgan fingerprint density at radius 2 is 2.00 bits per heavy atom. The smallest absolute Gasteiger partial charge is 0.319 e. The second-order valence-corrected chi connectivity index (χ2v) is 14.9. The van der Waals surface area contributed by atoms with Crippen LogP contribution >= 0.6 is 22.9 Å². The number of halogens is 4. The fourth-order valence-electron chi connectivity index (χ4n) is 8.32. The molecule has 1 aliphatic carbocycles. The zero-order valence-corrected chi connectivity index (χ0v) is 27.8. The molecule has 2 bridgehead atoms. The number of rotatable bonds is 6. The lowest BCUT2D eigenvalue weighted by molar-refractivity contribution is 0.107. The van der Waals surface area contributed by atoms with Gasteiger partial charge in [-0.15, -0.1) is 0 Å². The van der Waals surface area contributed by atoms with Crippen LogP contribution in [0.25, 0.3) is 32.2 Å². The first-order valence-electron chi connectivity index (χ1n) is 16.4. The summed E-state index contributed by atoms with van der Waals surface area (Å²) in [5.74, 6) is -0.307. The summed E-state index contributed by atoms with van der Waals surface area (Å²) in [4.78, 5) is 22.4. The molecule has 254 valence electrons. The fraction of sp³-hybridized carbons (Fsp3) is 0.412. The Kier molecular flexibility index (Phi) is 7.22. The lowest BCUT2D eigenvalue weighted by Gasteiger charge is -2.34. The number of benzene rings is 2. The molecule has 10 nitrogen and oxygen atoms in total. The van der Waals surface area contributed by atoms with E-state index in [4.69, 9.17) is 37.5 Å². The molecule has 15 heteroatoms. The first-order valence-corrected chi connectivity index (χ1v) is 17.6. The molecular weight excluding hydrogens is 677 g/mol. The van der Waals surface area contributed by atoms with Crippen molar-refractivity contribution in [1.29, 1.82) is 0 Å². The summed E-state index contributed by atoms with van der Waals surface area (Å²) in [5, 5.41) is 0.420. The van der Waals surface area contributed by atoms with Crippen LogP contribution in [0.15, 0.2) is 30.5 Å². The molecule has 3 aliphatic heterocycles. The number of fused-ring (bicyclic) bond motifs is 4. The molecule has 0 amide bonds. The van der Waals surface area contributed by atoms with Crippen molar-refractivity contribution in [2.75, 3.05) is 36.1 Å². The predicted molar refractivity (Wildman–Crippen MR) is 183 cm³/mol. The fourth-order valence-corrected chi connectivity index (χ4v) is 9.40. The SMILES string of the molecule is Nc1nc2c(-c3c(Cl)c4c5c(nc(OC[C@@]67CCCN6C[C@H](F)C7)nc5c3F)N(Cc3cccnc3N)[C@H]3CC[C@H](C3)O4)ccc(F)c2s1. The third kappa shape index (κ3) is 4.93. The monoisotopic (exact) mass is 708 g/mol. The first-order chi connectivity index (χ1) is 23.7. The van der Waals surface area contributed by atoms with Crippen LogP contribution < -0.4 is 25.8 Å². The second-order valence-electron chi connectivity index (χ2n) is 13.5. The Morgan fingerprint density at radius 1 is 1.12 bits per heavy atom. The molecule has 1 saturated carbocycles. The topological polar surface area (TPSA) is 129 Å². The van der Waals surface area contributed by atoms with Gasteiger partial charge in [0.15, 0.2) is 16.7 Å². The van der Waals surface area contributed by atoms with Gasteiger partial charge in [-0.25, -0.2) is 23.1 Å². The zero-order valence-electron chi connectivity index (χ0n) is 26.3. The van der Waals surface area contributed by atoms with Gasteiger partial charge in [-0.3, -0.25) is 4.90 Å². The number of nitrogens with two attached hydrogens (primary N) is 2. The van der Waals surface area contributed by atoms with E-state index in [9.17, 15) is 8.78 Å². The molecule has 0 radical (unpaired) electrons. The van der Waals surface area contributed by atoms with E-state index in [-0.39, 0.29) is 67.5 Å². The van der Waals surface area contributed by atoms with Gasteiger partial charge in [-0.1, -0.05) is 29.0 Å².